The maximum absolute atomic E-state index is 13.1. The van der Waals surface area contributed by atoms with E-state index < -0.39 is 22.3 Å². The highest BCUT2D eigenvalue weighted by Crippen LogP contribution is 2.19. The van der Waals surface area contributed by atoms with E-state index in [1.165, 1.54) is 10.7 Å². The molecule has 1 aromatic heterocycles. The molecule has 0 aliphatic rings. The van der Waals surface area contributed by atoms with Gasteiger partial charge in [-0.1, -0.05) is 0 Å². The molecule has 0 aliphatic carbocycles. The first-order chi connectivity index (χ1) is 8.97. The number of benzene rings is 1. The summed E-state index contributed by atoms with van der Waals surface area (Å²) in [5.41, 5.74) is -0.757. The Balaban J connectivity index is 2.24. The van der Waals surface area contributed by atoms with E-state index in [0.29, 0.717) is 5.82 Å². The van der Waals surface area contributed by atoms with Gasteiger partial charge in [-0.3, -0.25) is 19.6 Å². The Labute approximate surface area is 106 Å². The zero-order valence-electron chi connectivity index (χ0n) is 9.83. The van der Waals surface area contributed by atoms with Crippen molar-refractivity contribution in [1.29, 1.82) is 0 Å². The van der Waals surface area contributed by atoms with Gasteiger partial charge in [0.15, 0.2) is 5.82 Å². The second kappa shape index (κ2) is 4.84. The lowest BCUT2D eigenvalue weighted by Gasteiger charge is -2.02. The number of carbonyl (C=O) groups excluding carboxylic acids is 1. The van der Waals surface area contributed by atoms with E-state index in [9.17, 15) is 19.3 Å². The first-order valence-corrected chi connectivity index (χ1v) is 5.22. The molecule has 7 nitrogen and oxygen atoms in total. The number of aromatic nitrogens is 2. The predicted molar refractivity (Wildman–Crippen MR) is 64.2 cm³/mol. The number of rotatable bonds is 3. The molecule has 1 heterocycles. The molecule has 0 saturated heterocycles. The Bertz CT molecular complexity index is 653. The summed E-state index contributed by atoms with van der Waals surface area (Å²) in [6.45, 7) is 0. The van der Waals surface area contributed by atoms with Gasteiger partial charge < -0.3 is 5.32 Å². The Hall–Kier alpha value is -2.77. The Morgan fingerprint density at radius 1 is 1.47 bits per heavy atom. The Morgan fingerprint density at radius 3 is 2.79 bits per heavy atom. The Kier molecular flexibility index (Phi) is 3.23. The summed E-state index contributed by atoms with van der Waals surface area (Å²) in [6.07, 6.45) is 1.63. The average Bonchev–Trinajstić information content (AvgIpc) is 2.74. The fraction of sp³-hybridized carbons (Fsp3) is 0.0909. The van der Waals surface area contributed by atoms with Crippen LogP contribution in [-0.2, 0) is 7.05 Å². The van der Waals surface area contributed by atoms with E-state index in [2.05, 4.69) is 10.4 Å². The highest BCUT2D eigenvalue weighted by molar-refractivity contribution is 6.04. The van der Waals surface area contributed by atoms with Gasteiger partial charge in [0.25, 0.3) is 5.91 Å². The summed E-state index contributed by atoms with van der Waals surface area (Å²) >= 11 is 0. The van der Waals surface area contributed by atoms with Gasteiger partial charge >= 0.3 is 5.69 Å². The summed E-state index contributed by atoms with van der Waals surface area (Å²) in [7, 11) is 1.68. The molecule has 0 fully saturated rings. The molecule has 1 N–H and O–H groups in total. The van der Waals surface area contributed by atoms with Gasteiger partial charge in [0.2, 0.25) is 5.82 Å². The lowest BCUT2D eigenvalue weighted by Crippen LogP contribution is -2.13. The molecule has 2 aromatic rings. The fourth-order valence-corrected chi connectivity index (χ4v) is 1.46. The van der Waals surface area contributed by atoms with Crippen LogP contribution in [-0.4, -0.2) is 20.6 Å². The minimum Gasteiger partial charge on any atom is -0.305 e. The van der Waals surface area contributed by atoms with Crippen LogP contribution in [0.1, 0.15) is 10.4 Å². The van der Waals surface area contributed by atoms with Crippen molar-refractivity contribution in [1.82, 2.24) is 9.78 Å². The third kappa shape index (κ3) is 2.73. The number of nitro groups is 1. The van der Waals surface area contributed by atoms with E-state index in [-0.39, 0.29) is 5.56 Å². The first kappa shape index (κ1) is 12.7. The zero-order valence-corrected chi connectivity index (χ0v) is 9.83. The zero-order chi connectivity index (χ0) is 14.0. The molecule has 0 unspecified atom stereocenters. The SMILES string of the molecule is Cn1ccc(NC(=O)c2ccc(F)c([N+](=O)[O-])c2)n1. The largest absolute Gasteiger partial charge is 0.305 e. The van der Waals surface area contributed by atoms with Gasteiger partial charge in [0.1, 0.15) is 0 Å². The van der Waals surface area contributed by atoms with Crippen LogP contribution in [0.2, 0.25) is 0 Å². The third-order valence-electron chi connectivity index (χ3n) is 2.36. The maximum atomic E-state index is 13.1. The lowest BCUT2D eigenvalue weighted by molar-refractivity contribution is -0.387. The molecular weight excluding hydrogens is 255 g/mol. The molecule has 1 aromatic carbocycles. The summed E-state index contributed by atoms with van der Waals surface area (Å²) < 4.78 is 14.6. The molecule has 0 spiro atoms. The van der Waals surface area contributed by atoms with Crippen LogP contribution in [0.5, 0.6) is 0 Å². The highest BCUT2D eigenvalue weighted by atomic mass is 19.1. The number of aryl methyl sites for hydroxylation is 1. The van der Waals surface area contributed by atoms with Crippen molar-refractivity contribution < 1.29 is 14.1 Å². The number of nitro benzene ring substituents is 1. The first-order valence-electron chi connectivity index (χ1n) is 5.22. The quantitative estimate of drug-likeness (QED) is 0.675. The van der Waals surface area contributed by atoms with Crippen LogP contribution in [0.4, 0.5) is 15.9 Å². The van der Waals surface area contributed by atoms with Crippen LogP contribution < -0.4 is 5.32 Å². The van der Waals surface area contributed by atoms with E-state index in [4.69, 9.17) is 0 Å². The molecule has 19 heavy (non-hydrogen) atoms. The normalized spacial score (nSPS) is 10.2. The van der Waals surface area contributed by atoms with Crippen LogP contribution in [0.25, 0.3) is 0 Å². The van der Waals surface area contributed by atoms with Crippen molar-refractivity contribution in [2.24, 2.45) is 7.05 Å². The van der Waals surface area contributed by atoms with Crippen molar-refractivity contribution in [3.8, 4) is 0 Å². The highest BCUT2D eigenvalue weighted by Gasteiger charge is 2.17. The summed E-state index contributed by atoms with van der Waals surface area (Å²) in [5.74, 6) is -1.28. The number of hydrogen-bond donors (Lipinski definition) is 1. The van der Waals surface area contributed by atoms with Gasteiger partial charge in [-0.25, -0.2) is 0 Å². The molecule has 0 atom stereocenters. The average molecular weight is 264 g/mol. The van der Waals surface area contributed by atoms with E-state index >= 15 is 0 Å². The van der Waals surface area contributed by atoms with E-state index in [1.807, 2.05) is 0 Å². The van der Waals surface area contributed by atoms with E-state index in [1.54, 1.807) is 19.3 Å². The van der Waals surface area contributed by atoms with Crippen molar-refractivity contribution in [2.75, 3.05) is 5.32 Å². The monoisotopic (exact) mass is 264 g/mol. The molecule has 1 amide bonds. The number of anilines is 1. The smallest absolute Gasteiger partial charge is 0.305 e. The van der Waals surface area contributed by atoms with Gasteiger partial charge in [0, 0.05) is 30.9 Å². The summed E-state index contributed by atoms with van der Waals surface area (Å²) in [4.78, 5) is 21.5. The Morgan fingerprint density at radius 2 is 2.21 bits per heavy atom. The lowest BCUT2D eigenvalue weighted by atomic mass is 10.2. The molecule has 8 heteroatoms. The molecule has 2 rings (SSSR count). The standard InChI is InChI=1S/C11H9FN4O3/c1-15-5-4-10(14-15)13-11(17)7-2-3-8(12)9(6-7)16(18)19/h2-6H,1H3,(H,13,14,17). The third-order valence-corrected chi connectivity index (χ3v) is 2.36. The van der Waals surface area contributed by atoms with Gasteiger partial charge in [-0.15, -0.1) is 0 Å². The summed E-state index contributed by atoms with van der Waals surface area (Å²) in [5, 5.41) is 17.0. The fourth-order valence-electron chi connectivity index (χ4n) is 1.46. The van der Waals surface area contributed by atoms with Crippen molar-refractivity contribution in [2.45, 2.75) is 0 Å². The van der Waals surface area contributed by atoms with Crippen LogP contribution in [0, 0.1) is 15.9 Å². The molecule has 0 aliphatic heterocycles. The van der Waals surface area contributed by atoms with Crippen LogP contribution in [0.15, 0.2) is 30.5 Å². The number of hydrogen-bond acceptors (Lipinski definition) is 4. The predicted octanol–water partition coefficient (Wildman–Crippen LogP) is 1.72. The number of nitrogens with zero attached hydrogens (tertiary/aromatic N) is 3. The molecular formula is C11H9FN4O3. The van der Waals surface area contributed by atoms with Gasteiger partial charge in [-0.2, -0.15) is 9.49 Å². The molecule has 0 saturated carbocycles. The number of halogens is 1. The molecule has 0 radical (unpaired) electrons. The van der Waals surface area contributed by atoms with Gasteiger partial charge in [-0.05, 0) is 12.1 Å². The molecule has 0 bridgehead atoms. The topological polar surface area (TPSA) is 90.1 Å². The van der Waals surface area contributed by atoms with Crippen molar-refractivity contribution in [3.63, 3.8) is 0 Å². The van der Waals surface area contributed by atoms with Crippen molar-refractivity contribution in [3.05, 3.63) is 52.0 Å². The maximum Gasteiger partial charge on any atom is 0.305 e. The van der Waals surface area contributed by atoms with E-state index in [0.717, 1.165) is 12.1 Å². The second-order valence-electron chi connectivity index (χ2n) is 3.75. The van der Waals surface area contributed by atoms with Gasteiger partial charge in [0.05, 0.1) is 4.92 Å². The van der Waals surface area contributed by atoms with Crippen molar-refractivity contribution >= 4 is 17.4 Å². The second-order valence-corrected chi connectivity index (χ2v) is 3.75. The molecule has 98 valence electrons. The number of nitrogens with one attached hydrogen (secondary N) is 1. The van der Waals surface area contributed by atoms with Crippen LogP contribution >= 0.6 is 0 Å². The van der Waals surface area contributed by atoms with Crippen LogP contribution in [0.3, 0.4) is 0 Å². The summed E-state index contributed by atoms with van der Waals surface area (Å²) in [6, 6.07) is 4.50. The minimum atomic E-state index is -0.987. The minimum absolute atomic E-state index is 0.0150. The number of amides is 1. The number of carbonyl (C=O) groups is 1.